The fraction of sp³-hybridized carbons (Fsp3) is 0.562. The molecule has 0 aliphatic carbocycles. The van der Waals surface area contributed by atoms with Gasteiger partial charge in [-0.1, -0.05) is 0 Å². The summed E-state index contributed by atoms with van der Waals surface area (Å²) in [5, 5.41) is 0. The summed E-state index contributed by atoms with van der Waals surface area (Å²) in [6.07, 6.45) is 1.34. The molecule has 0 N–H and O–H groups in total. The maximum absolute atomic E-state index is 12.3. The number of hydrogen-bond donors (Lipinski definition) is 0. The van der Waals surface area contributed by atoms with Gasteiger partial charge in [0.05, 0.1) is 25.7 Å². The predicted molar refractivity (Wildman–Crippen MR) is 87.7 cm³/mol. The highest BCUT2D eigenvalue weighted by atomic mass is 32.2. The second-order valence-corrected chi connectivity index (χ2v) is 7.97. The summed E-state index contributed by atoms with van der Waals surface area (Å²) in [7, 11) is 1.86. The molecule has 0 unspecified atom stereocenters. The second-order valence-electron chi connectivity index (χ2n) is 5.74. The van der Waals surface area contributed by atoms with Crippen molar-refractivity contribution in [2.75, 3.05) is 32.8 Å². The van der Waals surface area contributed by atoms with Crippen molar-refractivity contribution in [2.45, 2.75) is 25.3 Å². The van der Waals surface area contributed by atoms with E-state index in [2.05, 4.69) is 0 Å². The van der Waals surface area contributed by atoms with Gasteiger partial charge < -0.3 is 14.4 Å². The molecule has 0 bridgehead atoms. The highest BCUT2D eigenvalue weighted by Crippen LogP contribution is 2.25. The van der Waals surface area contributed by atoms with Crippen molar-refractivity contribution in [1.82, 2.24) is 4.90 Å². The lowest BCUT2D eigenvalue weighted by Gasteiger charge is -2.23. The minimum absolute atomic E-state index is 0.0584. The Morgan fingerprint density at radius 3 is 2.61 bits per heavy atom. The molecule has 2 rings (SSSR count). The third kappa shape index (κ3) is 4.37. The first kappa shape index (κ1) is 17.6. The van der Waals surface area contributed by atoms with E-state index in [0.717, 1.165) is 5.56 Å². The Hall–Kier alpha value is -1.76. The molecular formula is C16H23NO5S. The van der Waals surface area contributed by atoms with Crippen molar-refractivity contribution in [3.8, 4) is 11.5 Å². The first-order valence-corrected chi connectivity index (χ1v) is 9.35. The van der Waals surface area contributed by atoms with Crippen molar-refractivity contribution >= 4 is 15.7 Å². The zero-order valence-electron chi connectivity index (χ0n) is 13.7. The Balaban J connectivity index is 1.99. The first-order valence-electron chi connectivity index (χ1n) is 7.53. The third-order valence-electron chi connectivity index (χ3n) is 4.25. The quantitative estimate of drug-likeness (QED) is 0.779. The van der Waals surface area contributed by atoms with Crippen LogP contribution in [-0.2, 0) is 21.1 Å². The summed E-state index contributed by atoms with van der Waals surface area (Å²) in [6.45, 7) is 0. The molecule has 0 aromatic heterocycles. The topological polar surface area (TPSA) is 72.9 Å². The van der Waals surface area contributed by atoms with E-state index in [0.29, 0.717) is 30.8 Å². The summed E-state index contributed by atoms with van der Waals surface area (Å²) < 4.78 is 33.6. The van der Waals surface area contributed by atoms with E-state index in [1.807, 2.05) is 12.1 Å². The molecule has 1 atom stereocenters. The number of carbonyl (C=O) groups is 1. The van der Waals surface area contributed by atoms with E-state index in [9.17, 15) is 13.2 Å². The molecule has 128 valence electrons. The van der Waals surface area contributed by atoms with Gasteiger partial charge in [0.25, 0.3) is 0 Å². The van der Waals surface area contributed by atoms with Crippen LogP contribution >= 0.6 is 0 Å². The normalized spacial score (nSPS) is 19.3. The van der Waals surface area contributed by atoms with Crippen LogP contribution < -0.4 is 9.47 Å². The van der Waals surface area contributed by atoms with Gasteiger partial charge in [-0.25, -0.2) is 8.42 Å². The van der Waals surface area contributed by atoms with Gasteiger partial charge in [0.15, 0.2) is 9.84 Å². The Bertz CT molecular complexity index is 671. The average Bonchev–Trinajstić information content (AvgIpc) is 2.91. The summed E-state index contributed by atoms with van der Waals surface area (Å²) in [5.41, 5.74) is 0.896. The number of benzene rings is 1. The molecule has 1 saturated heterocycles. The molecule has 1 aromatic carbocycles. The van der Waals surface area contributed by atoms with Crippen LogP contribution in [-0.4, -0.2) is 58.0 Å². The number of nitrogens with zero attached hydrogens (tertiary/aromatic N) is 1. The smallest absolute Gasteiger partial charge is 0.222 e. The van der Waals surface area contributed by atoms with E-state index in [-0.39, 0.29) is 23.5 Å². The van der Waals surface area contributed by atoms with E-state index in [1.165, 1.54) is 0 Å². The van der Waals surface area contributed by atoms with Crippen LogP contribution in [0.5, 0.6) is 11.5 Å². The maximum atomic E-state index is 12.3. The number of methoxy groups -OCH3 is 2. The minimum atomic E-state index is -2.99. The van der Waals surface area contributed by atoms with E-state index >= 15 is 0 Å². The van der Waals surface area contributed by atoms with Gasteiger partial charge in [-0.15, -0.1) is 0 Å². The summed E-state index contributed by atoms with van der Waals surface area (Å²) in [6, 6.07) is 5.26. The zero-order chi connectivity index (χ0) is 17.0. The zero-order valence-corrected chi connectivity index (χ0v) is 14.6. The van der Waals surface area contributed by atoms with Gasteiger partial charge in [-0.2, -0.15) is 0 Å². The van der Waals surface area contributed by atoms with Crippen molar-refractivity contribution in [3.63, 3.8) is 0 Å². The van der Waals surface area contributed by atoms with Gasteiger partial charge >= 0.3 is 0 Å². The number of sulfone groups is 1. The van der Waals surface area contributed by atoms with Crippen LogP contribution in [0.3, 0.4) is 0 Å². The molecule has 0 spiro atoms. The molecule has 1 aliphatic heterocycles. The fourth-order valence-corrected chi connectivity index (χ4v) is 4.55. The Kier molecular flexibility index (Phi) is 5.51. The van der Waals surface area contributed by atoms with Gasteiger partial charge in [-0.05, 0) is 36.6 Å². The molecule has 0 radical (unpaired) electrons. The van der Waals surface area contributed by atoms with Crippen LogP contribution in [0.2, 0.25) is 0 Å². The lowest BCUT2D eigenvalue weighted by molar-refractivity contribution is -0.131. The van der Waals surface area contributed by atoms with Crippen molar-refractivity contribution in [2.24, 2.45) is 0 Å². The van der Waals surface area contributed by atoms with Crippen molar-refractivity contribution in [1.29, 1.82) is 0 Å². The SMILES string of the molecule is COc1ccc(OC)c(CCC(=O)N(C)[C@H]2CCS(=O)(=O)C2)c1. The van der Waals surface area contributed by atoms with Gasteiger partial charge in [0, 0.05) is 19.5 Å². The number of ether oxygens (including phenoxy) is 2. The number of rotatable bonds is 6. The van der Waals surface area contributed by atoms with Gasteiger partial charge in [-0.3, -0.25) is 4.79 Å². The molecule has 7 heteroatoms. The standard InChI is InChI=1S/C16H23NO5S/c1-17(13-8-9-23(19,20)11-13)16(18)7-4-12-10-14(21-2)5-6-15(12)22-3/h5-6,10,13H,4,7-9,11H2,1-3H3/t13-/m0/s1. The van der Waals surface area contributed by atoms with E-state index in [4.69, 9.17) is 9.47 Å². The molecule has 1 aliphatic rings. The minimum Gasteiger partial charge on any atom is -0.497 e. The number of aryl methyl sites for hydroxylation is 1. The van der Waals surface area contributed by atoms with E-state index in [1.54, 1.807) is 32.2 Å². The second kappa shape index (κ2) is 7.21. The highest BCUT2D eigenvalue weighted by molar-refractivity contribution is 7.91. The summed E-state index contributed by atoms with van der Waals surface area (Å²) in [4.78, 5) is 13.9. The fourth-order valence-electron chi connectivity index (χ4n) is 2.78. The largest absolute Gasteiger partial charge is 0.497 e. The molecule has 1 aromatic rings. The first-order chi connectivity index (χ1) is 10.9. The predicted octanol–water partition coefficient (Wildman–Crippen LogP) is 1.28. The van der Waals surface area contributed by atoms with Crippen molar-refractivity contribution in [3.05, 3.63) is 23.8 Å². The van der Waals surface area contributed by atoms with Gasteiger partial charge in [0.1, 0.15) is 11.5 Å². The number of amides is 1. The van der Waals surface area contributed by atoms with Crippen LogP contribution in [0.15, 0.2) is 18.2 Å². The third-order valence-corrected chi connectivity index (χ3v) is 6.00. The highest BCUT2D eigenvalue weighted by Gasteiger charge is 2.32. The lowest BCUT2D eigenvalue weighted by atomic mass is 10.1. The Morgan fingerprint density at radius 1 is 1.30 bits per heavy atom. The molecule has 1 fully saturated rings. The monoisotopic (exact) mass is 341 g/mol. The molecule has 0 saturated carbocycles. The average molecular weight is 341 g/mol. The number of carbonyl (C=O) groups excluding carboxylic acids is 1. The molecule has 1 amide bonds. The Labute approximate surface area is 137 Å². The maximum Gasteiger partial charge on any atom is 0.222 e. The molecule has 23 heavy (non-hydrogen) atoms. The lowest BCUT2D eigenvalue weighted by Crippen LogP contribution is -2.37. The summed E-state index contributed by atoms with van der Waals surface area (Å²) >= 11 is 0. The van der Waals surface area contributed by atoms with Crippen LogP contribution in [0.4, 0.5) is 0 Å². The van der Waals surface area contributed by atoms with Gasteiger partial charge in [0.2, 0.25) is 5.91 Å². The van der Waals surface area contributed by atoms with E-state index < -0.39 is 9.84 Å². The molecule has 1 heterocycles. The molecular weight excluding hydrogens is 318 g/mol. The van der Waals surface area contributed by atoms with Crippen LogP contribution in [0.1, 0.15) is 18.4 Å². The van der Waals surface area contributed by atoms with Crippen molar-refractivity contribution < 1.29 is 22.7 Å². The Morgan fingerprint density at radius 2 is 2.04 bits per heavy atom. The van der Waals surface area contributed by atoms with Crippen LogP contribution in [0.25, 0.3) is 0 Å². The molecule has 6 nitrogen and oxygen atoms in total. The summed E-state index contributed by atoms with van der Waals surface area (Å²) in [5.74, 6) is 1.60. The number of hydrogen-bond acceptors (Lipinski definition) is 5. The van der Waals surface area contributed by atoms with Crippen LogP contribution in [0, 0.1) is 0 Å².